The van der Waals surface area contributed by atoms with E-state index in [0.717, 1.165) is 0 Å². The second-order valence-corrected chi connectivity index (χ2v) is 3.11. The summed E-state index contributed by atoms with van der Waals surface area (Å²) < 4.78 is 39.5. The first-order valence-corrected chi connectivity index (χ1v) is 4.29. The van der Waals surface area contributed by atoms with E-state index in [-0.39, 0.29) is 16.3 Å². The summed E-state index contributed by atoms with van der Waals surface area (Å²) in [6.45, 7) is -0.913. The zero-order valence-corrected chi connectivity index (χ0v) is 7.56. The van der Waals surface area contributed by atoms with Crippen molar-refractivity contribution in [1.82, 2.24) is 0 Å². The average molecular weight is 211 g/mol. The molecule has 0 saturated carbocycles. The van der Waals surface area contributed by atoms with Crippen LogP contribution < -0.4 is 0 Å². The molecule has 2 aromatic carbocycles. The summed E-state index contributed by atoms with van der Waals surface area (Å²) in [7, 11) is 0. The summed E-state index contributed by atoms with van der Waals surface area (Å²) in [5.74, 6) is -4.22. The minimum absolute atomic E-state index is 0.0674. The van der Waals surface area contributed by atoms with E-state index < -0.39 is 24.1 Å². The number of fused-ring (bicyclic) bond motifs is 1. The standard InChI is InChI=1S/C11H6F3O/c12-9-7-4-2-1-3-6(7)8(5-15)10(13)11(9)14/h1-4H,5H2. The van der Waals surface area contributed by atoms with Crippen molar-refractivity contribution in [3.63, 3.8) is 0 Å². The lowest BCUT2D eigenvalue weighted by atomic mass is 10.0. The van der Waals surface area contributed by atoms with E-state index in [2.05, 4.69) is 0 Å². The quantitative estimate of drug-likeness (QED) is 0.645. The van der Waals surface area contributed by atoms with Gasteiger partial charge in [-0.25, -0.2) is 18.3 Å². The fraction of sp³-hybridized carbons (Fsp3) is 0.0909. The topological polar surface area (TPSA) is 19.9 Å². The molecule has 2 aromatic rings. The Morgan fingerprint density at radius 3 is 2.07 bits per heavy atom. The smallest absolute Gasteiger partial charge is 0.195 e. The van der Waals surface area contributed by atoms with E-state index >= 15 is 0 Å². The van der Waals surface area contributed by atoms with Gasteiger partial charge in [0.2, 0.25) is 0 Å². The molecule has 0 heterocycles. The van der Waals surface area contributed by atoms with E-state index in [1.54, 1.807) is 0 Å². The van der Waals surface area contributed by atoms with Crippen LogP contribution in [0.3, 0.4) is 0 Å². The molecular formula is C11H6F3O. The molecule has 0 N–H and O–H groups in total. The van der Waals surface area contributed by atoms with Gasteiger partial charge in [-0.2, -0.15) is 0 Å². The number of halogens is 3. The van der Waals surface area contributed by atoms with Gasteiger partial charge in [0.15, 0.2) is 17.5 Å². The summed E-state index contributed by atoms with van der Waals surface area (Å²) in [4.78, 5) is 0. The van der Waals surface area contributed by atoms with E-state index in [1.165, 1.54) is 24.3 Å². The third-order valence-corrected chi connectivity index (χ3v) is 2.28. The Hall–Kier alpha value is -1.55. The lowest BCUT2D eigenvalue weighted by molar-refractivity contribution is 0.174. The summed E-state index contributed by atoms with van der Waals surface area (Å²) in [6, 6.07) is 5.75. The first kappa shape index (κ1) is 9.98. The molecule has 15 heavy (non-hydrogen) atoms. The van der Waals surface area contributed by atoms with E-state index in [4.69, 9.17) is 0 Å². The highest BCUT2D eigenvalue weighted by Crippen LogP contribution is 2.27. The highest BCUT2D eigenvalue weighted by Gasteiger charge is 2.18. The third-order valence-electron chi connectivity index (χ3n) is 2.28. The lowest BCUT2D eigenvalue weighted by Crippen LogP contribution is -1.99. The molecule has 0 aliphatic rings. The van der Waals surface area contributed by atoms with Crippen LogP contribution in [-0.2, 0) is 11.7 Å². The Labute approximate surface area is 83.8 Å². The second-order valence-electron chi connectivity index (χ2n) is 3.11. The largest absolute Gasteiger partial charge is 0.231 e. The molecule has 77 valence electrons. The number of hydrogen-bond donors (Lipinski definition) is 0. The normalized spacial score (nSPS) is 10.9. The van der Waals surface area contributed by atoms with Crippen LogP contribution in [0.5, 0.6) is 0 Å². The van der Waals surface area contributed by atoms with Gasteiger partial charge in [-0.15, -0.1) is 0 Å². The Morgan fingerprint density at radius 2 is 1.47 bits per heavy atom. The van der Waals surface area contributed by atoms with Crippen molar-refractivity contribution in [3.05, 3.63) is 47.3 Å². The first-order valence-electron chi connectivity index (χ1n) is 4.29. The van der Waals surface area contributed by atoms with Gasteiger partial charge in [0.1, 0.15) is 6.61 Å². The zero-order chi connectivity index (χ0) is 11.0. The van der Waals surface area contributed by atoms with Crippen LogP contribution >= 0.6 is 0 Å². The maximum Gasteiger partial charge on any atom is 0.195 e. The molecule has 0 fully saturated rings. The molecule has 0 aliphatic heterocycles. The Balaban J connectivity index is 2.98. The summed E-state index contributed by atoms with van der Waals surface area (Å²) in [5.41, 5.74) is -0.329. The third kappa shape index (κ3) is 1.37. The fourth-order valence-electron chi connectivity index (χ4n) is 1.54. The van der Waals surface area contributed by atoms with Gasteiger partial charge in [0.25, 0.3) is 0 Å². The Bertz CT molecular complexity index is 523. The van der Waals surface area contributed by atoms with Gasteiger partial charge in [0.05, 0.1) is 0 Å². The highest BCUT2D eigenvalue weighted by molar-refractivity contribution is 5.86. The molecule has 1 nitrogen and oxygen atoms in total. The predicted octanol–water partition coefficient (Wildman–Crippen LogP) is 3.19. The highest BCUT2D eigenvalue weighted by atomic mass is 19.2. The van der Waals surface area contributed by atoms with E-state index in [0.29, 0.717) is 0 Å². The molecule has 4 heteroatoms. The average Bonchev–Trinajstić information content (AvgIpc) is 2.27. The van der Waals surface area contributed by atoms with Crippen LogP contribution in [0.15, 0.2) is 24.3 Å². The minimum Gasteiger partial charge on any atom is -0.231 e. The van der Waals surface area contributed by atoms with Crippen molar-refractivity contribution >= 4 is 10.8 Å². The minimum atomic E-state index is -1.58. The van der Waals surface area contributed by atoms with Gasteiger partial charge in [-0.1, -0.05) is 24.3 Å². The molecule has 0 spiro atoms. The Kier molecular flexibility index (Phi) is 2.36. The summed E-state index contributed by atoms with van der Waals surface area (Å²) in [5, 5.41) is 10.8. The molecule has 0 aliphatic carbocycles. The monoisotopic (exact) mass is 211 g/mol. The fourth-order valence-corrected chi connectivity index (χ4v) is 1.54. The Morgan fingerprint density at radius 1 is 0.867 bits per heavy atom. The number of hydrogen-bond acceptors (Lipinski definition) is 0. The van der Waals surface area contributed by atoms with Gasteiger partial charge in [0, 0.05) is 10.9 Å². The molecule has 0 amide bonds. The van der Waals surface area contributed by atoms with Crippen molar-refractivity contribution in [2.24, 2.45) is 0 Å². The maximum atomic E-state index is 13.3. The van der Waals surface area contributed by atoms with Crippen LogP contribution in [0.25, 0.3) is 10.8 Å². The zero-order valence-electron chi connectivity index (χ0n) is 7.56. The van der Waals surface area contributed by atoms with Crippen molar-refractivity contribution in [2.45, 2.75) is 6.61 Å². The predicted molar refractivity (Wildman–Crippen MR) is 48.2 cm³/mol. The molecule has 0 unspecified atom stereocenters. The van der Waals surface area contributed by atoms with Gasteiger partial charge >= 0.3 is 0 Å². The molecule has 0 aromatic heterocycles. The lowest BCUT2D eigenvalue weighted by Gasteiger charge is -2.07. The van der Waals surface area contributed by atoms with Crippen molar-refractivity contribution in [3.8, 4) is 0 Å². The van der Waals surface area contributed by atoms with Crippen LogP contribution in [0, 0.1) is 17.5 Å². The number of rotatable bonds is 1. The number of benzene rings is 2. The summed E-state index contributed by atoms with van der Waals surface area (Å²) >= 11 is 0. The molecule has 0 saturated heterocycles. The van der Waals surface area contributed by atoms with Gasteiger partial charge in [-0.3, -0.25) is 0 Å². The molecule has 0 atom stereocenters. The van der Waals surface area contributed by atoms with E-state index in [9.17, 15) is 18.3 Å². The van der Waals surface area contributed by atoms with Gasteiger partial charge in [-0.05, 0) is 5.39 Å². The molecular weight excluding hydrogens is 205 g/mol. The summed E-state index contributed by atoms with van der Waals surface area (Å²) in [6.07, 6.45) is 0. The van der Waals surface area contributed by atoms with Gasteiger partial charge < -0.3 is 0 Å². The second kappa shape index (κ2) is 3.55. The van der Waals surface area contributed by atoms with Crippen molar-refractivity contribution in [2.75, 3.05) is 0 Å². The van der Waals surface area contributed by atoms with Crippen molar-refractivity contribution in [1.29, 1.82) is 0 Å². The maximum absolute atomic E-state index is 13.3. The molecule has 0 bridgehead atoms. The molecule has 2 rings (SSSR count). The van der Waals surface area contributed by atoms with Crippen LogP contribution in [0.2, 0.25) is 0 Å². The molecule has 1 radical (unpaired) electrons. The first-order chi connectivity index (χ1) is 7.16. The van der Waals surface area contributed by atoms with E-state index in [1.807, 2.05) is 0 Å². The van der Waals surface area contributed by atoms with Crippen LogP contribution in [0.4, 0.5) is 13.2 Å². The van der Waals surface area contributed by atoms with Crippen LogP contribution in [-0.4, -0.2) is 0 Å². The van der Waals surface area contributed by atoms with Crippen LogP contribution in [0.1, 0.15) is 5.56 Å². The SMILES string of the molecule is [O]Cc1c(F)c(F)c(F)c2ccccc12. The van der Waals surface area contributed by atoms with Crippen molar-refractivity contribution < 1.29 is 18.3 Å².